The Morgan fingerprint density at radius 2 is 1.36 bits per heavy atom. The van der Waals surface area contributed by atoms with Gasteiger partial charge in [-0.1, -0.05) is 47.1 Å². The van der Waals surface area contributed by atoms with Crippen LogP contribution in [-0.4, -0.2) is 133 Å². The van der Waals surface area contributed by atoms with Crippen LogP contribution in [0.3, 0.4) is 0 Å². The van der Waals surface area contributed by atoms with Crippen LogP contribution >= 0.6 is 0 Å². The Hall–Kier alpha value is -1.56. The fourth-order valence-corrected chi connectivity index (χ4v) is 13.4. The van der Waals surface area contributed by atoms with E-state index >= 15 is 0 Å². The first-order valence-electron chi connectivity index (χ1n) is 20.8. The van der Waals surface area contributed by atoms with Gasteiger partial charge in [-0.3, -0.25) is 9.59 Å². The molecule has 7 aliphatic rings. The molecule has 2 heterocycles. The van der Waals surface area contributed by atoms with Gasteiger partial charge in [0.2, 0.25) is 0 Å². The monoisotopic (exact) mass is 794 g/mol. The lowest BCUT2D eigenvalue weighted by Gasteiger charge is -2.70. The summed E-state index contributed by atoms with van der Waals surface area (Å²) in [5, 5.41) is 83.6. The van der Waals surface area contributed by atoms with Crippen molar-refractivity contribution in [3.8, 4) is 0 Å². The Kier molecular flexibility index (Phi) is 10.9. The van der Waals surface area contributed by atoms with Gasteiger partial charge in [0.25, 0.3) is 0 Å². The van der Waals surface area contributed by atoms with Crippen LogP contribution in [0.1, 0.15) is 106 Å². The highest BCUT2D eigenvalue weighted by Crippen LogP contribution is 2.75. The highest BCUT2D eigenvalue weighted by molar-refractivity contribution is 5.95. The number of carbonyl (C=O) groups excluding carboxylic acids is 1. The van der Waals surface area contributed by atoms with Crippen molar-refractivity contribution in [1.82, 2.24) is 0 Å². The molecule has 14 heteroatoms. The Bertz CT molecular complexity index is 1570. The fourth-order valence-electron chi connectivity index (χ4n) is 13.4. The number of aliphatic hydroxyl groups is 7. The van der Waals surface area contributed by atoms with Gasteiger partial charge >= 0.3 is 5.97 Å². The average Bonchev–Trinajstić information content (AvgIpc) is 3.13. The van der Waals surface area contributed by atoms with E-state index in [2.05, 4.69) is 41.5 Å². The zero-order chi connectivity index (χ0) is 41.1. The average molecular weight is 795 g/mol. The number of hydrogen-bond acceptors (Lipinski definition) is 13. The topological polar surface area (TPSA) is 233 Å². The van der Waals surface area contributed by atoms with Crippen LogP contribution in [0.5, 0.6) is 0 Å². The largest absolute Gasteiger partial charge is 0.481 e. The molecule has 14 nitrogen and oxygen atoms in total. The smallest absolute Gasteiger partial charge is 0.309 e. The predicted molar refractivity (Wildman–Crippen MR) is 198 cm³/mol. The summed E-state index contributed by atoms with van der Waals surface area (Å²) in [6, 6.07) is 0. The number of rotatable bonds is 7. The molecule has 7 rings (SSSR count). The van der Waals surface area contributed by atoms with Crippen LogP contribution in [0.25, 0.3) is 0 Å². The zero-order valence-electron chi connectivity index (χ0n) is 34.0. The number of ether oxygens (including phenoxy) is 4. The van der Waals surface area contributed by atoms with Crippen molar-refractivity contribution in [2.75, 3.05) is 13.2 Å². The third kappa shape index (κ3) is 6.13. The van der Waals surface area contributed by atoms with Crippen LogP contribution < -0.4 is 0 Å². The lowest BCUT2D eigenvalue weighted by atomic mass is 9.33. The number of carbonyl (C=O) groups is 2. The maximum atomic E-state index is 14.8. The number of carboxylic acid groups (broad SMARTS) is 1. The summed E-state index contributed by atoms with van der Waals surface area (Å²) in [5.74, 6) is -0.873. The van der Waals surface area contributed by atoms with Crippen molar-refractivity contribution >= 4 is 11.8 Å². The molecule has 318 valence electrons. The highest BCUT2D eigenvalue weighted by Gasteiger charge is 2.70. The molecule has 0 spiro atoms. The summed E-state index contributed by atoms with van der Waals surface area (Å²) < 4.78 is 24.3. The van der Waals surface area contributed by atoms with Gasteiger partial charge in [0.05, 0.1) is 24.7 Å². The second kappa shape index (κ2) is 14.3. The number of aliphatic carboxylic acids is 1. The van der Waals surface area contributed by atoms with Crippen LogP contribution in [0.4, 0.5) is 0 Å². The first-order valence-corrected chi connectivity index (χ1v) is 20.8. The fraction of sp³-hybridized carbons (Fsp3) is 0.905. The van der Waals surface area contributed by atoms with Gasteiger partial charge in [0, 0.05) is 5.92 Å². The van der Waals surface area contributed by atoms with Crippen molar-refractivity contribution < 1.29 is 69.4 Å². The molecule has 0 aromatic carbocycles. The van der Waals surface area contributed by atoms with E-state index < -0.39 is 103 Å². The molecular weight excluding hydrogens is 728 g/mol. The van der Waals surface area contributed by atoms with E-state index in [-0.39, 0.29) is 39.8 Å². The Balaban J connectivity index is 1.16. The second-order valence-electron chi connectivity index (χ2n) is 20.5. The maximum absolute atomic E-state index is 14.8. The number of fused-ring (bicyclic) bond motifs is 7. The number of allylic oxidation sites excluding steroid dienone is 2. The quantitative estimate of drug-likeness (QED) is 0.173. The molecule has 19 atom stereocenters. The van der Waals surface area contributed by atoms with E-state index in [1.165, 1.54) is 0 Å². The van der Waals surface area contributed by atoms with E-state index in [0.717, 1.165) is 37.7 Å². The van der Waals surface area contributed by atoms with Gasteiger partial charge in [-0.25, -0.2) is 0 Å². The van der Waals surface area contributed by atoms with Crippen LogP contribution in [-0.2, 0) is 28.5 Å². The van der Waals surface area contributed by atoms with Gasteiger partial charge in [0.15, 0.2) is 18.4 Å². The first kappa shape index (κ1) is 42.6. The molecule has 0 unspecified atom stereocenters. The summed E-state index contributed by atoms with van der Waals surface area (Å²) in [6.45, 7) is 13.9. The highest BCUT2D eigenvalue weighted by atomic mass is 16.8. The molecule has 56 heavy (non-hydrogen) atoms. The minimum atomic E-state index is -1.78. The molecule has 0 amide bonds. The summed E-state index contributed by atoms with van der Waals surface area (Å²) in [6.07, 6.45) is -7.28. The van der Waals surface area contributed by atoms with Crippen molar-refractivity contribution in [1.29, 1.82) is 0 Å². The zero-order valence-corrected chi connectivity index (χ0v) is 34.0. The van der Waals surface area contributed by atoms with Crippen molar-refractivity contribution in [2.24, 2.45) is 50.2 Å². The van der Waals surface area contributed by atoms with E-state index in [1.54, 1.807) is 0 Å². The van der Waals surface area contributed by atoms with Gasteiger partial charge in [-0.05, 0) is 110 Å². The summed E-state index contributed by atoms with van der Waals surface area (Å²) >= 11 is 0. The van der Waals surface area contributed by atoms with E-state index in [0.29, 0.717) is 25.7 Å². The third-order valence-electron chi connectivity index (χ3n) is 17.3. The van der Waals surface area contributed by atoms with Crippen molar-refractivity contribution in [2.45, 2.75) is 174 Å². The molecule has 2 aliphatic heterocycles. The molecular formula is C42H66O14. The molecule has 6 fully saturated rings. The lowest BCUT2D eigenvalue weighted by molar-refractivity contribution is -0.378. The van der Waals surface area contributed by atoms with Crippen LogP contribution in [0.15, 0.2) is 11.6 Å². The molecule has 5 aliphatic carbocycles. The predicted octanol–water partition coefficient (Wildman–Crippen LogP) is 2.06. The number of aliphatic hydroxyl groups excluding tert-OH is 7. The molecule has 8 N–H and O–H groups in total. The minimum absolute atomic E-state index is 0.0192. The van der Waals surface area contributed by atoms with Gasteiger partial charge in [0.1, 0.15) is 48.8 Å². The minimum Gasteiger partial charge on any atom is -0.481 e. The third-order valence-corrected chi connectivity index (χ3v) is 17.3. The Morgan fingerprint density at radius 3 is 1.98 bits per heavy atom. The normalized spacial score (nSPS) is 54.2. The summed E-state index contributed by atoms with van der Waals surface area (Å²) in [4.78, 5) is 27.3. The molecule has 0 aromatic heterocycles. The first-order chi connectivity index (χ1) is 26.0. The number of hydrogen-bond donors (Lipinski definition) is 8. The second-order valence-corrected chi connectivity index (χ2v) is 20.5. The van der Waals surface area contributed by atoms with Crippen molar-refractivity contribution in [3.63, 3.8) is 0 Å². The molecule has 0 radical (unpaired) electrons. The standard InChI is InChI=1S/C42H66O14/c1-37(2)25-8-11-42(7)33(22(45)16-20-21-17-39(4,36(51)52)13-12-38(21,3)14-15-41(20,42)6)40(25,5)10-9-26(37)55-35-32(30(49)28(47)24(19-44)54-35)56-34-31(50)29(48)27(46)23(18-43)53-34/h16,21,23-35,43-44,46-50H,8-15,17-19H2,1-7H3,(H,51,52)/t21-,23+,24+,25+,26-,27+,28+,29-,30-,31+,32+,33-,34-,35-,38+,39-,40-,41+,42+/m0/s1. The van der Waals surface area contributed by atoms with Gasteiger partial charge < -0.3 is 59.8 Å². The van der Waals surface area contributed by atoms with E-state index in [4.69, 9.17) is 18.9 Å². The summed E-state index contributed by atoms with van der Waals surface area (Å²) in [5.41, 5.74) is -1.32. The van der Waals surface area contributed by atoms with Crippen LogP contribution in [0, 0.1) is 50.2 Å². The molecule has 0 bridgehead atoms. The van der Waals surface area contributed by atoms with Crippen LogP contribution in [0.2, 0.25) is 0 Å². The molecule has 0 aromatic rings. The van der Waals surface area contributed by atoms with E-state index in [1.807, 2.05) is 13.0 Å². The van der Waals surface area contributed by atoms with Gasteiger partial charge in [-0.15, -0.1) is 0 Å². The maximum Gasteiger partial charge on any atom is 0.309 e. The SMILES string of the molecule is CC1(C)[C@@H](O[C@@H]2O[C@H](CO)[C@@H](O)[C@H](O)[C@H]2O[C@@H]2O[C@H](CO)[C@@H](O)[C@H](O)[C@H]2O)CC[C@@]2(C)[C@@H]1CC[C@]1(C)[C@H]2C(=O)C=C2[C@@H]3C[C@@](C)(C(=O)O)CC[C@]3(C)CC[C@]21C. The number of carboxylic acids is 1. The van der Waals surface area contributed by atoms with Crippen molar-refractivity contribution in [3.05, 3.63) is 11.6 Å². The Morgan fingerprint density at radius 1 is 0.750 bits per heavy atom. The Labute approximate surface area is 329 Å². The lowest BCUT2D eigenvalue weighted by Crippen LogP contribution is -2.68. The van der Waals surface area contributed by atoms with E-state index in [9.17, 15) is 50.4 Å². The summed E-state index contributed by atoms with van der Waals surface area (Å²) in [7, 11) is 0. The molecule has 4 saturated carbocycles. The van der Waals surface area contributed by atoms with Gasteiger partial charge in [-0.2, -0.15) is 0 Å². The molecule has 2 saturated heterocycles. The number of ketones is 1.